The summed E-state index contributed by atoms with van der Waals surface area (Å²) in [4.78, 5) is 13.2. The first-order valence-corrected chi connectivity index (χ1v) is 9.30. The molecule has 2 N–H and O–H groups in total. The predicted molar refractivity (Wildman–Crippen MR) is 101 cm³/mol. The molecule has 6 nitrogen and oxygen atoms in total. The van der Waals surface area contributed by atoms with Crippen molar-refractivity contribution in [2.75, 3.05) is 13.1 Å². The molecule has 1 unspecified atom stereocenters. The third-order valence-corrected chi connectivity index (χ3v) is 4.87. The van der Waals surface area contributed by atoms with E-state index in [0.29, 0.717) is 0 Å². The van der Waals surface area contributed by atoms with Gasteiger partial charge in [-0.15, -0.1) is 0 Å². The van der Waals surface area contributed by atoms with Crippen LogP contribution in [-0.4, -0.2) is 34.9 Å². The van der Waals surface area contributed by atoms with Gasteiger partial charge in [0.2, 0.25) is 5.91 Å². The summed E-state index contributed by atoms with van der Waals surface area (Å²) in [6.07, 6.45) is 5.18. The second-order valence-corrected chi connectivity index (χ2v) is 7.17. The zero-order chi connectivity index (χ0) is 18.6. The fourth-order valence-corrected chi connectivity index (χ4v) is 3.47. The van der Waals surface area contributed by atoms with Crippen molar-refractivity contribution in [1.29, 1.82) is 0 Å². The largest absolute Gasteiger partial charge is 0.491 e. The zero-order valence-corrected chi connectivity index (χ0v) is 15.7. The molecule has 1 aliphatic heterocycles. The van der Waals surface area contributed by atoms with E-state index < -0.39 is 5.54 Å². The summed E-state index contributed by atoms with van der Waals surface area (Å²) >= 11 is 0. The van der Waals surface area contributed by atoms with Crippen molar-refractivity contribution in [3.05, 3.63) is 48.3 Å². The van der Waals surface area contributed by atoms with Crippen LogP contribution in [0.25, 0.3) is 0 Å². The molecule has 26 heavy (non-hydrogen) atoms. The molecule has 0 bridgehead atoms. The van der Waals surface area contributed by atoms with Crippen molar-refractivity contribution in [2.24, 2.45) is 0 Å². The molecule has 140 valence electrons. The van der Waals surface area contributed by atoms with Gasteiger partial charge in [-0.3, -0.25) is 9.48 Å². The number of amides is 1. The van der Waals surface area contributed by atoms with Gasteiger partial charge in [0, 0.05) is 12.4 Å². The van der Waals surface area contributed by atoms with E-state index in [1.807, 2.05) is 62.0 Å². The highest BCUT2D eigenvalue weighted by atomic mass is 16.5. The van der Waals surface area contributed by atoms with Crippen molar-refractivity contribution >= 4 is 5.91 Å². The number of carbonyl (C=O) groups is 1. The van der Waals surface area contributed by atoms with Crippen LogP contribution in [0.1, 0.15) is 45.2 Å². The van der Waals surface area contributed by atoms with Crippen molar-refractivity contribution in [1.82, 2.24) is 20.4 Å². The normalized spacial score (nSPS) is 17.7. The summed E-state index contributed by atoms with van der Waals surface area (Å²) in [6, 6.07) is 9.67. The van der Waals surface area contributed by atoms with Gasteiger partial charge in [0.1, 0.15) is 11.3 Å². The fourth-order valence-electron chi connectivity index (χ4n) is 3.47. The molecular formula is C20H28N4O2. The third kappa shape index (κ3) is 3.90. The number of aromatic nitrogens is 2. The van der Waals surface area contributed by atoms with Crippen LogP contribution in [0.15, 0.2) is 42.7 Å². The Bertz CT molecular complexity index is 721. The van der Waals surface area contributed by atoms with Crippen molar-refractivity contribution in [3.63, 3.8) is 0 Å². The average molecular weight is 356 g/mol. The molecule has 1 fully saturated rings. The molecule has 1 aromatic heterocycles. The highest BCUT2D eigenvalue weighted by Gasteiger charge is 2.42. The number of hydrogen-bond donors (Lipinski definition) is 2. The fraction of sp³-hybridized carbons (Fsp3) is 0.500. The first-order chi connectivity index (χ1) is 12.5. The van der Waals surface area contributed by atoms with Gasteiger partial charge in [0.25, 0.3) is 0 Å². The molecule has 1 atom stereocenters. The van der Waals surface area contributed by atoms with Crippen LogP contribution in [0.5, 0.6) is 5.75 Å². The Labute approximate surface area is 154 Å². The van der Waals surface area contributed by atoms with E-state index in [-0.39, 0.29) is 18.1 Å². The number of nitrogens with zero attached hydrogens (tertiary/aromatic N) is 2. The molecule has 1 aromatic carbocycles. The Morgan fingerprint density at radius 1 is 1.27 bits per heavy atom. The van der Waals surface area contributed by atoms with Crippen molar-refractivity contribution in [2.45, 2.75) is 51.3 Å². The average Bonchev–Trinajstić information content (AvgIpc) is 3.17. The highest BCUT2D eigenvalue weighted by Crippen LogP contribution is 2.29. The number of carbonyl (C=O) groups excluding carboxylic acids is 1. The summed E-state index contributed by atoms with van der Waals surface area (Å²) in [7, 11) is 0. The number of nitrogens with one attached hydrogen (secondary N) is 2. The van der Waals surface area contributed by atoms with Gasteiger partial charge < -0.3 is 15.4 Å². The molecule has 0 aliphatic carbocycles. The lowest BCUT2D eigenvalue weighted by Crippen LogP contribution is -2.55. The number of benzene rings is 1. The van der Waals surface area contributed by atoms with E-state index in [0.717, 1.165) is 37.2 Å². The minimum Gasteiger partial charge on any atom is -0.491 e. The summed E-state index contributed by atoms with van der Waals surface area (Å²) in [6.45, 7) is 7.62. The zero-order valence-electron chi connectivity index (χ0n) is 15.7. The Balaban J connectivity index is 1.77. The second-order valence-electron chi connectivity index (χ2n) is 7.17. The molecule has 2 aromatic rings. The number of rotatable bonds is 6. The van der Waals surface area contributed by atoms with Crippen molar-refractivity contribution < 1.29 is 9.53 Å². The van der Waals surface area contributed by atoms with Crippen LogP contribution in [0.2, 0.25) is 0 Å². The SMILES string of the molecule is CC(C)Oc1cccc(C(C)NC(=O)C2(n3cccn3)CCNCC2)c1. The van der Waals surface area contributed by atoms with Gasteiger partial charge in [-0.05, 0) is 70.5 Å². The van der Waals surface area contributed by atoms with Crippen LogP contribution < -0.4 is 15.4 Å². The van der Waals surface area contributed by atoms with E-state index in [2.05, 4.69) is 15.7 Å². The Hall–Kier alpha value is -2.34. The Morgan fingerprint density at radius 2 is 2.04 bits per heavy atom. The number of hydrogen-bond acceptors (Lipinski definition) is 4. The first-order valence-electron chi connectivity index (χ1n) is 9.30. The van der Waals surface area contributed by atoms with Crippen LogP contribution in [0.4, 0.5) is 0 Å². The summed E-state index contributed by atoms with van der Waals surface area (Å²) in [5, 5.41) is 10.9. The lowest BCUT2D eigenvalue weighted by Gasteiger charge is -2.37. The Kier molecular flexibility index (Phi) is 5.61. The molecule has 1 aliphatic rings. The van der Waals surface area contributed by atoms with Crippen molar-refractivity contribution in [3.8, 4) is 5.75 Å². The smallest absolute Gasteiger partial charge is 0.248 e. The van der Waals surface area contributed by atoms with Crippen LogP contribution >= 0.6 is 0 Å². The molecule has 0 spiro atoms. The Morgan fingerprint density at radius 3 is 2.69 bits per heavy atom. The van der Waals surface area contributed by atoms with Crippen LogP contribution in [-0.2, 0) is 10.3 Å². The molecule has 6 heteroatoms. The lowest BCUT2D eigenvalue weighted by molar-refractivity contribution is -0.132. The van der Waals surface area contributed by atoms with Gasteiger partial charge in [0.15, 0.2) is 0 Å². The molecule has 1 amide bonds. The number of ether oxygens (including phenoxy) is 1. The topological polar surface area (TPSA) is 68.2 Å². The summed E-state index contributed by atoms with van der Waals surface area (Å²) in [5.41, 5.74) is 0.399. The first kappa shape index (κ1) is 18.5. The summed E-state index contributed by atoms with van der Waals surface area (Å²) < 4.78 is 7.58. The van der Waals surface area contributed by atoms with Gasteiger partial charge in [0.05, 0.1) is 12.1 Å². The van der Waals surface area contributed by atoms with E-state index >= 15 is 0 Å². The van der Waals surface area contributed by atoms with E-state index in [4.69, 9.17) is 4.74 Å². The standard InChI is InChI=1S/C20H28N4O2/c1-15(2)26-18-7-4-6-17(14-18)16(3)23-19(25)20(8-11-21-12-9-20)24-13-5-10-22-24/h4-7,10,13-16,21H,8-9,11-12H2,1-3H3,(H,23,25). The molecule has 0 radical (unpaired) electrons. The molecule has 2 heterocycles. The molecule has 3 rings (SSSR count). The van der Waals surface area contributed by atoms with E-state index in [1.54, 1.807) is 6.20 Å². The predicted octanol–water partition coefficient (Wildman–Crippen LogP) is 2.63. The van der Waals surface area contributed by atoms with Gasteiger partial charge >= 0.3 is 0 Å². The lowest BCUT2D eigenvalue weighted by atomic mass is 9.87. The third-order valence-electron chi connectivity index (χ3n) is 4.87. The van der Waals surface area contributed by atoms with Gasteiger partial charge in [-0.2, -0.15) is 5.10 Å². The summed E-state index contributed by atoms with van der Waals surface area (Å²) in [5.74, 6) is 0.840. The molecule has 1 saturated heterocycles. The quantitative estimate of drug-likeness (QED) is 0.835. The van der Waals surface area contributed by atoms with E-state index in [1.165, 1.54) is 0 Å². The van der Waals surface area contributed by atoms with Gasteiger partial charge in [-0.1, -0.05) is 12.1 Å². The highest BCUT2D eigenvalue weighted by molar-refractivity contribution is 5.85. The van der Waals surface area contributed by atoms with Crippen LogP contribution in [0, 0.1) is 0 Å². The minimum absolute atomic E-state index is 0.0189. The maximum absolute atomic E-state index is 13.2. The van der Waals surface area contributed by atoms with Crippen LogP contribution in [0.3, 0.4) is 0 Å². The second kappa shape index (κ2) is 7.91. The van der Waals surface area contributed by atoms with Gasteiger partial charge in [-0.25, -0.2) is 0 Å². The minimum atomic E-state index is -0.630. The maximum Gasteiger partial charge on any atom is 0.248 e. The maximum atomic E-state index is 13.2. The monoisotopic (exact) mass is 356 g/mol. The van der Waals surface area contributed by atoms with E-state index in [9.17, 15) is 4.79 Å². The number of piperidine rings is 1. The molecular weight excluding hydrogens is 328 g/mol. The molecule has 0 saturated carbocycles.